The van der Waals surface area contributed by atoms with Gasteiger partial charge >= 0.3 is 6.09 Å². The molecule has 6 nitrogen and oxygen atoms in total. The number of carbonyl (C=O) groups excluding carboxylic acids is 1. The first-order valence-electron chi connectivity index (χ1n) is 4.81. The first kappa shape index (κ1) is 13.2. The number of amides is 1. The van der Waals surface area contributed by atoms with Crippen molar-refractivity contribution < 1.29 is 14.5 Å². The molecule has 0 saturated carbocycles. The van der Waals surface area contributed by atoms with Gasteiger partial charge in [0.25, 0.3) is 5.69 Å². The van der Waals surface area contributed by atoms with Crippen molar-refractivity contribution in [3.05, 3.63) is 33.3 Å². The molecule has 0 atom stereocenters. The number of anilines is 1. The second kappa shape index (κ2) is 5.49. The van der Waals surface area contributed by atoms with Gasteiger partial charge in [-0.05, 0) is 19.9 Å². The molecule has 0 unspecified atom stereocenters. The number of ether oxygens (including phenoxy) is 1. The van der Waals surface area contributed by atoms with E-state index in [1.54, 1.807) is 13.8 Å². The number of nitrogens with one attached hydrogen (secondary N) is 1. The number of carbonyl (C=O) groups is 1. The van der Waals surface area contributed by atoms with Gasteiger partial charge in [0, 0.05) is 12.1 Å². The summed E-state index contributed by atoms with van der Waals surface area (Å²) in [5.41, 5.74) is -0.0132. The van der Waals surface area contributed by atoms with E-state index in [0.29, 0.717) is 0 Å². The van der Waals surface area contributed by atoms with Crippen molar-refractivity contribution in [2.75, 3.05) is 5.32 Å². The fourth-order valence-corrected chi connectivity index (χ4v) is 1.24. The van der Waals surface area contributed by atoms with E-state index in [1.165, 1.54) is 18.2 Å². The quantitative estimate of drug-likeness (QED) is 0.667. The number of nitro groups is 1. The van der Waals surface area contributed by atoms with Gasteiger partial charge in [-0.15, -0.1) is 0 Å². The number of non-ortho nitro benzene ring substituents is 1. The standard InChI is InChI=1S/C10H11ClN2O4/c1-6(2)17-10(14)12-9-5-7(13(15)16)3-4-8(9)11/h3-6H,1-2H3,(H,12,14). The molecule has 17 heavy (non-hydrogen) atoms. The molecule has 0 saturated heterocycles. The molecule has 7 heteroatoms. The van der Waals surface area contributed by atoms with E-state index in [1.807, 2.05) is 0 Å². The van der Waals surface area contributed by atoms with Crippen LogP contribution < -0.4 is 5.32 Å². The Kier molecular flexibility index (Phi) is 4.28. The molecule has 92 valence electrons. The van der Waals surface area contributed by atoms with Crippen LogP contribution in [0.15, 0.2) is 18.2 Å². The Balaban J connectivity index is 2.86. The number of hydrogen-bond donors (Lipinski definition) is 1. The van der Waals surface area contributed by atoms with Crippen LogP contribution in [0.5, 0.6) is 0 Å². The van der Waals surface area contributed by atoms with E-state index in [0.717, 1.165) is 0 Å². The van der Waals surface area contributed by atoms with Gasteiger partial charge in [-0.25, -0.2) is 4.79 Å². The molecule has 1 aromatic carbocycles. The van der Waals surface area contributed by atoms with Crippen molar-refractivity contribution in [1.29, 1.82) is 0 Å². The van der Waals surface area contributed by atoms with Gasteiger partial charge in [0.2, 0.25) is 0 Å². The van der Waals surface area contributed by atoms with E-state index in [-0.39, 0.29) is 22.5 Å². The fourth-order valence-electron chi connectivity index (χ4n) is 1.08. The smallest absolute Gasteiger partial charge is 0.411 e. The maximum Gasteiger partial charge on any atom is 0.411 e. The minimum absolute atomic E-state index is 0.145. The van der Waals surface area contributed by atoms with Crippen LogP contribution in [0.25, 0.3) is 0 Å². The van der Waals surface area contributed by atoms with Gasteiger partial charge in [-0.3, -0.25) is 15.4 Å². The minimum atomic E-state index is -0.706. The van der Waals surface area contributed by atoms with Crippen LogP contribution in [0.1, 0.15) is 13.8 Å². The zero-order valence-corrected chi connectivity index (χ0v) is 10.0. The Bertz CT molecular complexity index is 448. The van der Waals surface area contributed by atoms with E-state index >= 15 is 0 Å². The number of hydrogen-bond acceptors (Lipinski definition) is 4. The van der Waals surface area contributed by atoms with Crippen molar-refractivity contribution in [3.8, 4) is 0 Å². The summed E-state index contributed by atoms with van der Waals surface area (Å²) in [6.07, 6.45) is -0.991. The molecule has 1 amide bonds. The number of halogens is 1. The van der Waals surface area contributed by atoms with Gasteiger partial charge in [-0.2, -0.15) is 0 Å². The topological polar surface area (TPSA) is 81.5 Å². The highest BCUT2D eigenvalue weighted by molar-refractivity contribution is 6.33. The molecule has 1 aromatic rings. The highest BCUT2D eigenvalue weighted by Gasteiger charge is 2.13. The van der Waals surface area contributed by atoms with Crippen molar-refractivity contribution in [2.24, 2.45) is 0 Å². The lowest BCUT2D eigenvalue weighted by molar-refractivity contribution is -0.384. The zero-order valence-electron chi connectivity index (χ0n) is 9.27. The Morgan fingerprint density at radius 2 is 2.18 bits per heavy atom. The van der Waals surface area contributed by atoms with Crippen LogP contribution in [-0.2, 0) is 4.74 Å². The molecule has 0 aliphatic heterocycles. The summed E-state index contributed by atoms with van der Waals surface area (Å²) in [6, 6.07) is 3.76. The van der Waals surface area contributed by atoms with Gasteiger partial charge in [0.15, 0.2) is 0 Å². The highest BCUT2D eigenvalue weighted by atomic mass is 35.5. The third-order valence-corrected chi connectivity index (χ3v) is 2.07. The maximum absolute atomic E-state index is 11.3. The fraction of sp³-hybridized carbons (Fsp3) is 0.300. The lowest BCUT2D eigenvalue weighted by Gasteiger charge is -2.10. The van der Waals surface area contributed by atoms with Crippen molar-refractivity contribution >= 4 is 29.1 Å². The Morgan fingerprint density at radius 3 is 2.71 bits per heavy atom. The van der Waals surface area contributed by atoms with E-state index in [4.69, 9.17) is 16.3 Å². The van der Waals surface area contributed by atoms with Gasteiger partial charge in [-0.1, -0.05) is 11.6 Å². The average Bonchev–Trinajstić information content (AvgIpc) is 2.19. The largest absolute Gasteiger partial charge is 0.447 e. The highest BCUT2D eigenvalue weighted by Crippen LogP contribution is 2.26. The maximum atomic E-state index is 11.3. The van der Waals surface area contributed by atoms with Gasteiger partial charge in [0.05, 0.1) is 21.7 Å². The summed E-state index contributed by atoms with van der Waals surface area (Å²) in [4.78, 5) is 21.3. The molecule has 0 aliphatic rings. The van der Waals surface area contributed by atoms with E-state index < -0.39 is 11.0 Å². The van der Waals surface area contributed by atoms with Crippen LogP contribution in [-0.4, -0.2) is 17.1 Å². The molecule has 1 N–H and O–H groups in total. The number of nitrogens with zero attached hydrogens (tertiary/aromatic N) is 1. The minimum Gasteiger partial charge on any atom is -0.447 e. The SMILES string of the molecule is CC(C)OC(=O)Nc1cc([N+](=O)[O-])ccc1Cl. The van der Waals surface area contributed by atoms with Crippen molar-refractivity contribution in [2.45, 2.75) is 20.0 Å². The first-order chi connectivity index (χ1) is 7.90. The van der Waals surface area contributed by atoms with Crippen LogP contribution >= 0.6 is 11.6 Å². The zero-order chi connectivity index (χ0) is 13.0. The second-order valence-electron chi connectivity index (χ2n) is 3.50. The van der Waals surface area contributed by atoms with Crippen molar-refractivity contribution in [1.82, 2.24) is 0 Å². The molecule has 0 aliphatic carbocycles. The molecule has 0 heterocycles. The lowest BCUT2D eigenvalue weighted by atomic mass is 10.3. The van der Waals surface area contributed by atoms with Gasteiger partial charge in [0.1, 0.15) is 0 Å². The summed E-state index contributed by atoms with van der Waals surface area (Å²) in [6.45, 7) is 3.38. The Morgan fingerprint density at radius 1 is 1.53 bits per heavy atom. The summed E-state index contributed by atoms with van der Waals surface area (Å²) in [7, 11) is 0. The molecule has 0 radical (unpaired) electrons. The molecule has 0 aromatic heterocycles. The Hall–Kier alpha value is -1.82. The average molecular weight is 259 g/mol. The van der Waals surface area contributed by atoms with Crippen LogP contribution in [0, 0.1) is 10.1 Å². The second-order valence-corrected chi connectivity index (χ2v) is 3.91. The number of rotatable bonds is 3. The summed E-state index contributed by atoms with van der Waals surface area (Å²) in [5.74, 6) is 0. The molecule has 0 fully saturated rings. The van der Waals surface area contributed by atoms with Crippen LogP contribution in [0.4, 0.5) is 16.2 Å². The molecule has 0 bridgehead atoms. The molecular weight excluding hydrogens is 248 g/mol. The predicted molar refractivity (Wildman–Crippen MR) is 63.3 cm³/mol. The summed E-state index contributed by atoms with van der Waals surface area (Å²) in [5, 5.41) is 13.1. The van der Waals surface area contributed by atoms with Crippen molar-refractivity contribution in [3.63, 3.8) is 0 Å². The predicted octanol–water partition coefficient (Wildman–Crippen LogP) is 3.21. The van der Waals surface area contributed by atoms with E-state index in [2.05, 4.69) is 5.32 Å². The molecule has 1 rings (SSSR count). The monoisotopic (exact) mass is 258 g/mol. The summed E-state index contributed by atoms with van der Waals surface area (Å²) >= 11 is 5.79. The Labute approximate surface area is 103 Å². The van der Waals surface area contributed by atoms with E-state index in [9.17, 15) is 14.9 Å². The number of benzene rings is 1. The normalized spacial score (nSPS) is 10.1. The van der Waals surface area contributed by atoms with Crippen LogP contribution in [0.3, 0.4) is 0 Å². The molecule has 0 spiro atoms. The number of nitro benzene ring substituents is 1. The third-order valence-electron chi connectivity index (χ3n) is 1.74. The summed E-state index contributed by atoms with van der Waals surface area (Å²) < 4.78 is 4.83. The third kappa shape index (κ3) is 3.92. The first-order valence-corrected chi connectivity index (χ1v) is 5.19. The van der Waals surface area contributed by atoms with Crippen LogP contribution in [0.2, 0.25) is 5.02 Å². The van der Waals surface area contributed by atoms with Gasteiger partial charge < -0.3 is 4.74 Å². The molecular formula is C10H11ClN2O4. The lowest BCUT2D eigenvalue weighted by Crippen LogP contribution is -2.18.